The first-order valence-electron chi connectivity index (χ1n) is 8.26. The highest BCUT2D eigenvalue weighted by atomic mass is 16.3. The van der Waals surface area contributed by atoms with Gasteiger partial charge in [0, 0.05) is 0 Å². The van der Waals surface area contributed by atoms with Gasteiger partial charge in [-0.05, 0) is 58.4 Å². The Kier molecular flexibility index (Phi) is 8.54. The van der Waals surface area contributed by atoms with Gasteiger partial charge in [-0.3, -0.25) is 0 Å². The van der Waals surface area contributed by atoms with E-state index in [0.29, 0.717) is 0 Å². The van der Waals surface area contributed by atoms with Crippen molar-refractivity contribution in [2.24, 2.45) is 0 Å². The van der Waals surface area contributed by atoms with Crippen molar-refractivity contribution in [2.75, 3.05) is 0 Å². The highest BCUT2D eigenvalue weighted by molar-refractivity contribution is 5.15. The third-order valence-electron chi connectivity index (χ3n) is 3.78. The Hall–Kier alpha value is -1.60. The quantitative estimate of drug-likeness (QED) is 0.463. The summed E-state index contributed by atoms with van der Waals surface area (Å²) in [5.41, 5.74) is 2.11. The molecule has 0 heterocycles. The summed E-state index contributed by atoms with van der Waals surface area (Å²) in [7, 11) is 0. The Labute approximate surface area is 136 Å². The number of allylic oxidation sites excluding steroid dienone is 5. The van der Waals surface area contributed by atoms with Crippen LogP contribution in [0.1, 0.15) is 52.0 Å². The molecule has 1 aromatic carbocycles. The third kappa shape index (κ3) is 8.63. The van der Waals surface area contributed by atoms with Crippen LogP contribution >= 0.6 is 0 Å². The molecule has 0 unspecified atom stereocenters. The van der Waals surface area contributed by atoms with Crippen LogP contribution in [0.5, 0.6) is 0 Å². The van der Waals surface area contributed by atoms with E-state index in [1.165, 1.54) is 11.1 Å². The molecule has 1 atom stereocenters. The fraction of sp³-hybridized carbons (Fsp3) is 0.429. The number of aryl methyl sites for hydroxylation is 1. The molecule has 22 heavy (non-hydrogen) atoms. The van der Waals surface area contributed by atoms with Crippen LogP contribution in [0.4, 0.5) is 0 Å². The van der Waals surface area contributed by atoms with E-state index in [4.69, 9.17) is 0 Å². The molecule has 1 aromatic rings. The molecule has 1 nitrogen and oxygen atoms in total. The standard InChI is InChI=1S/C21H30O/c1-4-5-9-17-21(3,22)18-11-13-19(2)12-10-16-20-14-7-6-8-15-20/h4-9,12,14-15,17,22H,10-11,13,16,18H2,1-3H3/b5-4+,17-9+,19-12+/t21-/m0/s1. The minimum atomic E-state index is -0.705. The summed E-state index contributed by atoms with van der Waals surface area (Å²) in [4.78, 5) is 0. The molecule has 0 spiro atoms. The van der Waals surface area contributed by atoms with E-state index in [9.17, 15) is 5.11 Å². The van der Waals surface area contributed by atoms with Crippen LogP contribution in [0.25, 0.3) is 0 Å². The monoisotopic (exact) mass is 298 g/mol. The minimum Gasteiger partial charge on any atom is -0.386 e. The fourth-order valence-electron chi connectivity index (χ4n) is 2.41. The third-order valence-corrected chi connectivity index (χ3v) is 3.78. The molecule has 1 N–H and O–H groups in total. The second-order valence-electron chi connectivity index (χ2n) is 6.17. The van der Waals surface area contributed by atoms with Crippen molar-refractivity contribution in [2.45, 2.75) is 58.5 Å². The first-order chi connectivity index (χ1) is 10.5. The van der Waals surface area contributed by atoms with Gasteiger partial charge in [-0.1, -0.05) is 66.3 Å². The summed E-state index contributed by atoms with van der Waals surface area (Å²) in [5, 5.41) is 10.2. The molecule has 0 aliphatic heterocycles. The van der Waals surface area contributed by atoms with Gasteiger partial charge >= 0.3 is 0 Å². The van der Waals surface area contributed by atoms with Crippen molar-refractivity contribution in [3.05, 3.63) is 71.8 Å². The highest BCUT2D eigenvalue weighted by Crippen LogP contribution is 2.18. The molecule has 120 valence electrons. The molecule has 0 fully saturated rings. The zero-order valence-corrected chi connectivity index (χ0v) is 14.3. The number of rotatable bonds is 9. The Balaban J connectivity index is 2.27. The van der Waals surface area contributed by atoms with Gasteiger partial charge in [-0.15, -0.1) is 0 Å². The zero-order chi connectivity index (χ0) is 16.3. The molecule has 1 rings (SSSR count). The normalized spacial score (nSPS) is 15.5. The van der Waals surface area contributed by atoms with Crippen LogP contribution in [-0.2, 0) is 6.42 Å². The maximum atomic E-state index is 10.2. The smallest absolute Gasteiger partial charge is 0.0802 e. The van der Waals surface area contributed by atoms with E-state index in [-0.39, 0.29) is 0 Å². The second-order valence-corrected chi connectivity index (χ2v) is 6.17. The number of benzene rings is 1. The lowest BCUT2D eigenvalue weighted by molar-refractivity contribution is 0.0995. The first kappa shape index (κ1) is 18.4. The molecule has 1 heteroatoms. The van der Waals surface area contributed by atoms with Gasteiger partial charge < -0.3 is 5.11 Å². The molecule has 0 aliphatic rings. The van der Waals surface area contributed by atoms with Gasteiger partial charge in [0.15, 0.2) is 0 Å². The number of aliphatic hydroxyl groups is 1. The van der Waals surface area contributed by atoms with E-state index in [1.54, 1.807) is 0 Å². The van der Waals surface area contributed by atoms with Gasteiger partial charge in [0.25, 0.3) is 0 Å². The van der Waals surface area contributed by atoms with Crippen LogP contribution in [0.15, 0.2) is 66.3 Å². The zero-order valence-electron chi connectivity index (χ0n) is 14.3. The Morgan fingerprint density at radius 2 is 1.91 bits per heavy atom. The van der Waals surface area contributed by atoms with Crippen molar-refractivity contribution in [3.8, 4) is 0 Å². The summed E-state index contributed by atoms with van der Waals surface area (Å²) in [6.07, 6.45) is 15.1. The average molecular weight is 298 g/mol. The maximum Gasteiger partial charge on any atom is 0.0802 e. The van der Waals surface area contributed by atoms with Gasteiger partial charge in [0.1, 0.15) is 0 Å². The molecule has 0 amide bonds. The predicted octanol–water partition coefficient (Wildman–Crippen LogP) is 5.62. The van der Waals surface area contributed by atoms with Crippen molar-refractivity contribution in [1.29, 1.82) is 0 Å². The first-order valence-corrected chi connectivity index (χ1v) is 8.26. The van der Waals surface area contributed by atoms with Crippen LogP contribution in [0, 0.1) is 0 Å². The lowest BCUT2D eigenvalue weighted by Gasteiger charge is -2.18. The lowest BCUT2D eigenvalue weighted by Crippen LogP contribution is -2.20. The molecule has 0 bridgehead atoms. The van der Waals surface area contributed by atoms with Crippen LogP contribution < -0.4 is 0 Å². The SMILES string of the molecule is C/C=C/C=C/[C@](C)(O)CCC/C(C)=C/CCc1ccccc1. The van der Waals surface area contributed by atoms with E-state index in [1.807, 2.05) is 38.2 Å². The summed E-state index contributed by atoms with van der Waals surface area (Å²) in [6, 6.07) is 10.6. The highest BCUT2D eigenvalue weighted by Gasteiger charge is 2.14. The molecular weight excluding hydrogens is 268 g/mol. The van der Waals surface area contributed by atoms with Gasteiger partial charge in [-0.25, -0.2) is 0 Å². The Morgan fingerprint density at radius 3 is 2.59 bits per heavy atom. The molecule has 0 aliphatic carbocycles. The summed E-state index contributed by atoms with van der Waals surface area (Å²) < 4.78 is 0. The van der Waals surface area contributed by atoms with Gasteiger partial charge in [0.2, 0.25) is 0 Å². The number of hydrogen-bond donors (Lipinski definition) is 1. The van der Waals surface area contributed by atoms with Crippen LogP contribution in [0.2, 0.25) is 0 Å². The van der Waals surface area contributed by atoms with Crippen molar-refractivity contribution < 1.29 is 5.11 Å². The van der Waals surface area contributed by atoms with E-state index < -0.39 is 5.60 Å². The number of hydrogen-bond acceptors (Lipinski definition) is 1. The summed E-state index contributed by atoms with van der Waals surface area (Å²) in [6.45, 7) is 6.04. The van der Waals surface area contributed by atoms with E-state index in [0.717, 1.165) is 32.1 Å². The molecule has 0 radical (unpaired) electrons. The topological polar surface area (TPSA) is 20.2 Å². The van der Waals surface area contributed by atoms with Crippen molar-refractivity contribution >= 4 is 0 Å². The van der Waals surface area contributed by atoms with E-state index in [2.05, 4.69) is 43.3 Å². The fourth-order valence-corrected chi connectivity index (χ4v) is 2.41. The lowest BCUT2D eigenvalue weighted by atomic mass is 9.96. The molecular formula is C21H30O. The molecule has 0 saturated heterocycles. The average Bonchev–Trinajstić information content (AvgIpc) is 2.48. The summed E-state index contributed by atoms with van der Waals surface area (Å²) in [5.74, 6) is 0. The van der Waals surface area contributed by atoms with Crippen LogP contribution in [-0.4, -0.2) is 10.7 Å². The van der Waals surface area contributed by atoms with Crippen molar-refractivity contribution in [1.82, 2.24) is 0 Å². The Bertz CT molecular complexity index is 492. The maximum absolute atomic E-state index is 10.2. The van der Waals surface area contributed by atoms with Gasteiger partial charge in [-0.2, -0.15) is 0 Å². The van der Waals surface area contributed by atoms with E-state index >= 15 is 0 Å². The molecule has 0 aromatic heterocycles. The van der Waals surface area contributed by atoms with Crippen LogP contribution in [0.3, 0.4) is 0 Å². The second kappa shape index (κ2) is 10.2. The van der Waals surface area contributed by atoms with Gasteiger partial charge in [0.05, 0.1) is 5.60 Å². The minimum absolute atomic E-state index is 0.705. The summed E-state index contributed by atoms with van der Waals surface area (Å²) >= 11 is 0. The predicted molar refractivity (Wildman–Crippen MR) is 96.9 cm³/mol. The molecule has 0 saturated carbocycles. The Morgan fingerprint density at radius 1 is 1.18 bits per heavy atom. The largest absolute Gasteiger partial charge is 0.386 e. The van der Waals surface area contributed by atoms with Crippen molar-refractivity contribution in [3.63, 3.8) is 0 Å².